The summed E-state index contributed by atoms with van der Waals surface area (Å²) in [6, 6.07) is 11.2. The predicted molar refractivity (Wildman–Crippen MR) is 72.2 cm³/mol. The first kappa shape index (κ1) is 11.4. The highest BCUT2D eigenvalue weighted by molar-refractivity contribution is 9.10. The van der Waals surface area contributed by atoms with E-state index in [2.05, 4.69) is 20.9 Å². The first-order chi connectivity index (χ1) is 8.75. The van der Waals surface area contributed by atoms with Gasteiger partial charge in [-0.3, -0.25) is 4.98 Å². The van der Waals surface area contributed by atoms with E-state index in [0.29, 0.717) is 10.4 Å². The number of hydrogen-bond donors (Lipinski definition) is 1. The molecular formula is C14H10BrNO2. The van der Waals surface area contributed by atoms with Gasteiger partial charge in [0.2, 0.25) is 0 Å². The number of fused-ring (bicyclic) bond motifs is 1. The Bertz CT molecular complexity index is 688. The van der Waals surface area contributed by atoms with Crippen molar-refractivity contribution in [1.29, 1.82) is 0 Å². The van der Waals surface area contributed by atoms with Gasteiger partial charge in [0.15, 0.2) is 4.67 Å². The number of rotatable bonds is 2. The summed E-state index contributed by atoms with van der Waals surface area (Å²) in [5.41, 5.74) is 0.816. The van der Waals surface area contributed by atoms with E-state index in [9.17, 15) is 5.11 Å². The van der Waals surface area contributed by atoms with Gasteiger partial charge < -0.3 is 9.52 Å². The molecule has 3 nitrogen and oxygen atoms in total. The van der Waals surface area contributed by atoms with Crippen molar-refractivity contribution in [2.45, 2.75) is 6.10 Å². The largest absolute Gasteiger partial charge is 0.451 e. The van der Waals surface area contributed by atoms with Crippen LogP contribution < -0.4 is 0 Å². The second-order valence-corrected chi connectivity index (χ2v) is 4.77. The molecule has 0 saturated carbocycles. The topological polar surface area (TPSA) is 46.3 Å². The summed E-state index contributed by atoms with van der Waals surface area (Å²) >= 11 is 3.23. The van der Waals surface area contributed by atoms with E-state index >= 15 is 0 Å². The number of aromatic nitrogens is 1. The quantitative estimate of drug-likeness (QED) is 0.785. The molecule has 1 N–H and O–H groups in total. The van der Waals surface area contributed by atoms with Crippen molar-refractivity contribution in [2.75, 3.05) is 0 Å². The van der Waals surface area contributed by atoms with Crippen LogP contribution in [0.5, 0.6) is 0 Å². The summed E-state index contributed by atoms with van der Waals surface area (Å²) in [6.45, 7) is 0. The van der Waals surface area contributed by atoms with E-state index in [1.165, 1.54) is 0 Å². The Morgan fingerprint density at radius 2 is 2.06 bits per heavy atom. The number of nitrogens with zero attached hydrogens (tertiary/aromatic N) is 1. The molecule has 0 saturated heterocycles. The van der Waals surface area contributed by atoms with Crippen molar-refractivity contribution in [3.63, 3.8) is 0 Å². The maximum atomic E-state index is 10.4. The zero-order valence-corrected chi connectivity index (χ0v) is 11.0. The monoisotopic (exact) mass is 303 g/mol. The van der Waals surface area contributed by atoms with Crippen molar-refractivity contribution in [3.05, 3.63) is 64.8 Å². The van der Waals surface area contributed by atoms with Crippen LogP contribution in [0.25, 0.3) is 10.8 Å². The summed E-state index contributed by atoms with van der Waals surface area (Å²) in [4.78, 5) is 4.08. The van der Waals surface area contributed by atoms with E-state index < -0.39 is 6.10 Å². The van der Waals surface area contributed by atoms with Crippen LogP contribution in [0.15, 0.2) is 57.9 Å². The number of aliphatic hydroxyl groups is 1. The van der Waals surface area contributed by atoms with Crippen molar-refractivity contribution in [3.8, 4) is 0 Å². The SMILES string of the molecule is OC(c1ccc(Br)o1)c1cccc2cnccc12. The lowest BCUT2D eigenvalue weighted by atomic mass is 10.0. The minimum Gasteiger partial charge on any atom is -0.451 e. The third kappa shape index (κ3) is 1.94. The maximum absolute atomic E-state index is 10.4. The fraction of sp³-hybridized carbons (Fsp3) is 0.0714. The van der Waals surface area contributed by atoms with Crippen LogP contribution in [0.2, 0.25) is 0 Å². The Hall–Kier alpha value is -1.65. The van der Waals surface area contributed by atoms with Crippen LogP contribution >= 0.6 is 15.9 Å². The molecule has 90 valence electrons. The number of pyridine rings is 1. The average Bonchev–Trinajstić information content (AvgIpc) is 2.84. The molecule has 0 fully saturated rings. The lowest BCUT2D eigenvalue weighted by Crippen LogP contribution is -1.99. The van der Waals surface area contributed by atoms with Gasteiger partial charge in [-0.05, 0) is 45.1 Å². The molecule has 1 atom stereocenters. The highest BCUT2D eigenvalue weighted by Crippen LogP contribution is 2.30. The van der Waals surface area contributed by atoms with Crippen LogP contribution in [-0.4, -0.2) is 10.1 Å². The lowest BCUT2D eigenvalue weighted by Gasteiger charge is -2.11. The molecule has 18 heavy (non-hydrogen) atoms. The Labute approximate surface area is 112 Å². The van der Waals surface area contributed by atoms with E-state index in [4.69, 9.17) is 4.42 Å². The zero-order chi connectivity index (χ0) is 12.5. The Kier molecular flexibility index (Phi) is 2.89. The molecule has 4 heteroatoms. The summed E-state index contributed by atoms with van der Waals surface area (Å²) in [5.74, 6) is 0.520. The lowest BCUT2D eigenvalue weighted by molar-refractivity contribution is 0.189. The number of benzene rings is 1. The summed E-state index contributed by atoms with van der Waals surface area (Å²) in [6.07, 6.45) is 2.72. The number of aliphatic hydroxyl groups excluding tert-OH is 1. The van der Waals surface area contributed by atoms with Gasteiger partial charge in [0.05, 0.1) is 0 Å². The smallest absolute Gasteiger partial charge is 0.169 e. The minimum atomic E-state index is -0.776. The molecule has 0 aliphatic heterocycles. The van der Waals surface area contributed by atoms with E-state index in [0.717, 1.165) is 16.3 Å². The summed E-state index contributed by atoms with van der Waals surface area (Å²) < 4.78 is 6.01. The molecular weight excluding hydrogens is 294 g/mol. The van der Waals surface area contributed by atoms with Crippen LogP contribution in [-0.2, 0) is 0 Å². The molecule has 2 aromatic heterocycles. The highest BCUT2D eigenvalue weighted by atomic mass is 79.9. The summed E-state index contributed by atoms with van der Waals surface area (Å²) in [5, 5.41) is 12.3. The van der Waals surface area contributed by atoms with E-state index in [1.54, 1.807) is 24.5 Å². The van der Waals surface area contributed by atoms with Gasteiger partial charge >= 0.3 is 0 Å². The molecule has 0 aliphatic rings. The molecule has 0 aliphatic carbocycles. The Morgan fingerprint density at radius 3 is 2.83 bits per heavy atom. The Morgan fingerprint density at radius 1 is 1.17 bits per heavy atom. The maximum Gasteiger partial charge on any atom is 0.169 e. The first-order valence-corrected chi connectivity index (χ1v) is 6.31. The van der Waals surface area contributed by atoms with Gasteiger partial charge in [0.25, 0.3) is 0 Å². The molecule has 0 radical (unpaired) electrons. The van der Waals surface area contributed by atoms with Crippen LogP contribution in [0, 0.1) is 0 Å². The molecule has 0 bridgehead atoms. The van der Waals surface area contributed by atoms with E-state index in [1.807, 2.05) is 24.3 Å². The van der Waals surface area contributed by atoms with Gasteiger partial charge in [0.1, 0.15) is 11.9 Å². The normalized spacial score (nSPS) is 12.8. The zero-order valence-electron chi connectivity index (χ0n) is 9.38. The van der Waals surface area contributed by atoms with Gasteiger partial charge in [-0.1, -0.05) is 18.2 Å². The second-order valence-electron chi connectivity index (χ2n) is 3.99. The van der Waals surface area contributed by atoms with Gasteiger partial charge in [-0.2, -0.15) is 0 Å². The highest BCUT2D eigenvalue weighted by Gasteiger charge is 2.16. The number of furan rings is 1. The third-order valence-corrected chi connectivity index (χ3v) is 3.30. The van der Waals surface area contributed by atoms with Crippen LogP contribution in [0.4, 0.5) is 0 Å². The molecule has 1 unspecified atom stereocenters. The average molecular weight is 304 g/mol. The first-order valence-electron chi connectivity index (χ1n) is 5.51. The molecule has 0 spiro atoms. The molecule has 3 aromatic rings. The fourth-order valence-electron chi connectivity index (χ4n) is 2.01. The third-order valence-electron chi connectivity index (χ3n) is 2.87. The minimum absolute atomic E-state index is 0.520. The number of hydrogen-bond acceptors (Lipinski definition) is 3. The van der Waals surface area contributed by atoms with Crippen molar-refractivity contribution in [1.82, 2.24) is 4.98 Å². The number of halogens is 1. The van der Waals surface area contributed by atoms with Gasteiger partial charge in [0, 0.05) is 17.8 Å². The van der Waals surface area contributed by atoms with Crippen LogP contribution in [0.3, 0.4) is 0 Å². The van der Waals surface area contributed by atoms with E-state index in [-0.39, 0.29) is 0 Å². The van der Waals surface area contributed by atoms with Crippen molar-refractivity contribution >= 4 is 26.7 Å². The van der Waals surface area contributed by atoms with Crippen LogP contribution in [0.1, 0.15) is 17.4 Å². The fourth-order valence-corrected chi connectivity index (χ4v) is 2.33. The predicted octanol–water partition coefficient (Wildman–Crippen LogP) is 3.67. The summed E-state index contributed by atoms with van der Waals surface area (Å²) in [7, 11) is 0. The van der Waals surface area contributed by atoms with Crippen molar-refractivity contribution in [2.24, 2.45) is 0 Å². The van der Waals surface area contributed by atoms with Crippen molar-refractivity contribution < 1.29 is 9.52 Å². The standard InChI is InChI=1S/C14H10BrNO2/c15-13-5-4-12(18-13)14(17)11-3-1-2-9-8-16-7-6-10(9)11/h1-8,14,17H. The molecule has 2 heterocycles. The molecule has 3 rings (SSSR count). The second kappa shape index (κ2) is 4.55. The van der Waals surface area contributed by atoms with Gasteiger partial charge in [-0.25, -0.2) is 0 Å². The molecule has 1 aromatic carbocycles. The van der Waals surface area contributed by atoms with Gasteiger partial charge in [-0.15, -0.1) is 0 Å². The Balaban J connectivity index is 2.14. The molecule has 0 amide bonds.